The molecule has 1 aromatic carbocycles. The van der Waals surface area contributed by atoms with Gasteiger partial charge < -0.3 is 5.11 Å². The van der Waals surface area contributed by atoms with Crippen molar-refractivity contribution in [2.45, 2.75) is 38.7 Å². The van der Waals surface area contributed by atoms with Crippen molar-refractivity contribution in [1.82, 2.24) is 0 Å². The Balaban J connectivity index is 2.01. The molecule has 1 heteroatoms. The van der Waals surface area contributed by atoms with E-state index in [2.05, 4.69) is 43.3 Å². The molecule has 1 saturated carbocycles. The van der Waals surface area contributed by atoms with Crippen molar-refractivity contribution in [1.29, 1.82) is 0 Å². The maximum absolute atomic E-state index is 9.60. The van der Waals surface area contributed by atoms with Crippen LogP contribution in [0.15, 0.2) is 30.3 Å². The van der Waals surface area contributed by atoms with E-state index in [-0.39, 0.29) is 6.10 Å². The third kappa shape index (κ3) is 2.96. The molecule has 1 fully saturated rings. The van der Waals surface area contributed by atoms with Gasteiger partial charge in [-0.05, 0) is 43.2 Å². The topological polar surface area (TPSA) is 20.2 Å². The largest absolute Gasteiger partial charge is 0.393 e. The molecule has 86 valence electrons. The van der Waals surface area contributed by atoms with Gasteiger partial charge in [-0.25, -0.2) is 0 Å². The lowest BCUT2D eigenvalue weighted by atomic mass is 9.86. The molecule has 0 amide bonds. The van der Waals surface area contributed by atoms with Gasteiger partial charge in [-0.1, -0.05) is 42.8 Å². The van der Waals surface area contributed by atoms with Gasteiger partial charge in [-0.2, -0.15) is 0 Å². The molecule has 2 atom stereocenters. The molecular weight excluding hydrogens is 196 g/mol. The van der Waals surface area contributed by atoms with Crippen molar-refractivity contribution in [3.05, 3.63) is 41.5 Å². The Morgan fingerprint density at radius 3 is 2.81 bits per heavy atom. The number of rotatable bonds is 2. The van der Waals surface area contributed by atoms with Gasteiger partial charge in [-0.15, -0.1) is 0 Å². The molecule has 0 radical (unpaired) electrons. The average molecular weight is 216 g/mol. The van der Waals surface area contributed by atoms with Gasteiger partial charge in [0.05, 0.1) is 6.10 Å². The van der Waals surface area contributed by atoms with Gasteiger partial charge in [0, 0.05) is 0 Å². The molecule has 0 saturated heterocycles. The molecule has 0 aromatic heterocycles. The molecule has 0 aliphatic heterocycles. The highest BCUT2D eigenvalue weighted by atomic mass is 16.3. The molecule has 0 spiro atoms. The Bertz CT molecular complexity index is 367. The number of aliphatic hydroxyl groups excluding tert-OH is 1. The number of hydrogen-bond donors (Lipinski definition) is 1. The summed E-state index contributed by atoms with van der Waals surface area (Å²) in [6, 6.07) is 8.42. The second-order valence-corrected chi connectivity index (χ2v) is 4.80. The van der Waals surface area contributed by atoms with E-state index in [1.807, 2.05) is 0 Å². The lowest BCUT2D eigenvalue weighted by Gasteiger charge is -2.23. The van der Waals surface area contributed by atoms with Crippen LogP contribution in [0.4, 0.5) is 0 Å². The van der Waals surface area contributed by atoms with Gasteiger partial charge in [0.2, 0.25) is 0 Å². The van der Waals surface area contributed by atoms with Crippen LogP contribution in [0.1, 0.15) is 36.8 Å². The Hall–Kier alpha value is -1.08. The first-order valence-electron chi connectivity index (χ1n) is 6.17. The van der Waals surface area contributed by atoms with Crippen molar-refractivity contribution < 1.29 is 5.11 Å². The molecule has 0 unspecified atom stereocenters. The first-order valence-corrected chi connectivity index (χ1v) is 6.17. The standard InChI is InChI=1S/C15H20O/c1-12-5-2-3-7-14(12)10-9-13-6-4-8-15(16)11-13/h2-3,5,7,9-10,13,15-16H,4,6,8,11H2,1H3/b10-9+/t13-,15+/m1/s1. The highest BCUT2D eigenvalue weighted by Crippen LogP contribution is 2.26. The molecular formula is C15H20O. The van der Waals surface area contributed by atoms with Gasteiger partial charge in [0.25, 0.3) is 0 Å². The molecule has 1 aliphatic rings. The van der Waals surface area contributed by atoms with Crippen LogP contribution in [0.5, 0.6) is 0 Å². The van der Waals surface area contributed by atoms with Gasteiger partial charge in [-0.3, -0.25) is 0 Å². The SMILES string of the molecule is Cc1ccccc1/C=C/[C@H]1CCC[C@H](O)C1. The fraction of sp³-hybridized carbons (Fsp3) is 0.467. The first-order chi connectivity index (χ1) is 7.75. The van der Waals surface area contributed by atoms with E-state index in [0.29, 0.717) is 5.92 Å². The average Bonchev–Trinajstić information content (AvgIpc) is 2.28. The zero-order valence-corrected chi connectivity index (χ0v) is 9.89. The predicted octanol–water partition coefficient (Wildman–Crippen LogP) is 3.56. The minimum atomic E-state index is -0.0831. The molecule has 1 nitrogen and oxygen atoms in total. The molecule has 1 aromatic rings. The number of hydrogen-bond acceptors (Lipinski definition) is 1. The summed E-state index contributed by atoms with van der Waals surface area (Å²) in [5, 5.41) is 9.60. The second-order valence-electron chi connectivity index (χ2n) is 4.80. The lowest BCUT2D eigenvalue weighted by Crippen LogP contribution is -2.17. The van der Waals surface area contributed by atoms with Crippen molar-refractivity contribution in [3.8, 4) is 0 Å². The van der Waals surface area contributed by atoms with Crippen molar-refractivity contribution in [2.75, 3.05) is 0 Å². The minimum Gasteiger partial charge on any atom is -0.393 e. The zero-order valence-electron chi connectivity index (χ0n) is 9.89. The quantitative estimate of drug-likeness (QED) is 0.801. The van der Waals surface area contributed by atoms with Crippen LogP contribution in [0, 0.1) is 12.8 Å². The first kappa shape index (κ1) is 11.4. The lowest BCUT2D eigenvalue weighted by molar-refractivity contribution is 0.113. The highest BCUT2D eigenvalue weighted by molar-refractivity contribution is 5.53. The van der Waals surface area contributed by atoms with E-state index in [1.54, 1.807) is 0 Å². The monoisotopic (exact) mass is 216 g/mol. The summed E-state index contributed by atoms with van der Waals surface area (Å²) in [5.74, 6) is 0.559. The molecule has 1 aliphatic carbocycles. The van der Waals surface area contributed by atoms with Crippen molar-refractivity contribution in [3.63, 3.8) is 0 Å². The zero-order chi connectivity index (χ0) is 11.4. The fourth-order valence-corrected chi connectivity index (χ4v) is 2.39. The van der Waals surface area contributed by atoms with Crippen molar-refractivity contribution in [2.24, 2.45) is 5.92 Å². The van der Waals surface area contributed by atoms with Crippen molar-refractivity contribution >= 4 is 6.08 Å². The number of aliphatic hydroxyl groups is 1. The summed E-state index contributed by atoms with van der Waals surface area (Å²) in [6.07, 6.45) is 8.68. The minimum absolute atomic E-state index is 0.0831. The summed E-state index contributed by atoms with van der Waals surface area (Å²) in [7, 11) is 0. The Morgan fingerprint density at radius 2 is 2.06 bits per heavy atom. The van der Waals surface area contributed by atoms with E-state index in [9.17, 15) is 5.11 Å². The van der Waals surface area contributed by atoms with Crippen LogP contribution in [-0.2, 0) is 0 Å². The maximum atomic E-state index is 9.60. The molecule has 16 heavy (non-hydrogen) atoms. The third-order valence-corrected chi connectivity index (χ3v) is 3.42. The maximum Gasteiger partial charge on any atom is 0.0545 e. The van der Waals surface area contributed by atoms with Gasteiger partial charge in [0.15, 0.2) is 0 Å². The smallest absolute Gasteiger partial charge is 0.0545 e. The second kappa shape index (κ2) is 5.31. The molecule has 2 rings (SSSR count). The van der Waals surface area contributed by atoms with E-state index < -0.39 is 0 Å². The molecule has 1 N–H and O–H groups in total. The van der Waals surface area contributed by atoms with Gasteiger partial charge in [0.1, 0.15) is 0 Å². The van der Waals surface area contributed by atoms with E-state index in [4.69, 9.17) is 0 Å². The number of benzene rings is 1. The normalized spacial score (nSPS) is 26.1. The van der Waals surface area contributed by atoms with Crippen LogP contribution >= 0.6 is 0 Å². The summed E-state index contributed by atoms with van der Waals surface area (Å²) >= 11 is 0. The van der Waals surface area contributed by atoms with E-state index in [0.717, 1.165) is 19.3 Å². The highest BCUT2D eigenvalue weighted by Gasteiger charge is 2.17. The fourth-order valence-electron chi connectivity index (χ4n) is 2.39. The summed E-state index contributed by atoms with van der Waals surface area (Å²) in [4.78, 5) is 0. The van der Waals surface area contributed by atoms with E-state index in [1.165, 1.54) is 17.5 Å². The van der Waals surface area contributed by atoms with Gasteiger partial charge >= 0.3 is 0 Å². The third-order valence-electron chi connectivity index (χ3n) is 3.42. The number of aryl methyl sites for hydroxylation is 1. The summed E-state index contributed by atoms with van der Waals surface area (Å²) in [5.41, 5.74) is 2.61. The molecule has 0 bridgehead atoms. The van der Waals surface area contributed by atoms with Crippen LogP contribution in [-0.4, -0.2) is 11.2 Å². The Morgan fingerprint density at radius 1 is 1.25 bits per heavy atom. The van der Waals surface area contributed by atoms with Crippen LogP contribution in [0.3, 0.4) is 0 Å². The molecule has 0 heterocycles. The Kier molecular flexibility index (Phi) is 3.79. The number of allylic oxidation sites excluding steroid dienone is 1. The summed E-state index contributed by atoms with van der Waals surface area (Å²) in [6.45, 7) is 2.13. The van der Waals surface area contributed by atoms with Crippen LogP contribution in [0.2, 0.25) is 0 Å². The Labute approximate surface area is 97.8 Å². The van der Waals surface area contributed by atoms with Crippen LogP contribution < -0.4 is 0 Å². The van der Waals surface area contributed by atoms with E-state index >= 15 is 0 Å². The van der Waals surface area contributed by atoms with Crippen LogP contribution in [0.25, 0.3) is 6.08 Å². The predicted molar refractivity (Wildman–Crippen MR) is 68.2 cm³/mol. The summed E-state index contributed by atoms with van der Waals surface area (Å²) < 4.78 is 0.